The smallest absolute Gasteiger partial charge is 0.232 e. The number of methoxy groups -OCH3 is 2. The molecule has 2 heterocycles. The van der Waals surface area contributed by atoms with Gasteiger partial charge in [0.1, 0.15) is 0 Å². The van der Waals surface area contributed by atoms with Crippen molar-refractivity contribution in [2.24, 2.45) is 11.7 Å². The highest BCUT2D eigenvalue weighted by Crippen LogP contribution is 2.29. The van der Waals surface area contributed by atoms with Crippen LogP contribution in [0.1, 0.15) is 13.3 Å². The molecule has 0 saturated carbocycles. The third kappa shape index (κ3) is 2.33. The first-order valence-corrected chi connectivity index (χ1v) is 6.13. The van der Waals surface area contributed by atoms with Crippen molar-refractivity contribution in [3.8, 4) is 11.8 Å². The second-order valence-corrected chi connectivity index (χ2v) is 4.52. The SMILES string of the molecule is COc1cc(OC)nc(N2CCC(C)C2CN)n1. The molecule has 100 valence electrons. The van der Waals surface area contributed by atoms with Crippen molar-refractivity contribution in [1.82, 2.24) is 9.97 Å². The summed E-state index contributed by atoms with van der Waals surface area (Å²) in [5, 5.41) is 0. The first kappa shape index (κ1) is 12.9. The summed E-state index contributed by atoms with van der Waals surface area (Å²) >= 11 is 0. The van der Waals surface area contributed by atoms with Gasteiger partial charge in [0, 0.05) is 19.1 Å². The van der Waals surface area contributed by atoms with E-state index < -0.39 is 0 Å². The highest BCUT2D eigenvalue weighted by Gasteiger charge is 2.32. The van der Waals surface area contributed by atoms with Crippen LogP contribution in [0, 0.1) is 5.92 Å². The summed E-state index contributed by atoms with van der Waals surface area (Å²) in [6.07, 6.45) is 1.10. The predicted molar refractivity (Wildman–Crippen MR) is 69.1 cm³/mol. The fourth-order valence-electron chi connectivity index (χ4n) is 2.35. The molecule has 18 heavy (non-hydrogen) atoms. The lowest BCUT2D eigenvalue weighted by Crippen LogP contribution is -2.39. The molecule has 0 spiro atoms. The standard InChI is InChI=1S/C12H20N4O2/c1-8-4-5-16(9(8)7-13)12-14-10(17-2)6-11(15-12)18-3/h6,8-9H,4-5,7,13H2,1-3H3. The predicted octanol–water partition coefficient (Wildman–Crippen LogP) is 0.667. The Morgan fingerprint density at radius 1 is 1.33 bits per heavy atom. The van der Waals surface area contributed by atoms with Crippen molar-refractivity contribution in [2.75, 3.05) is 32.2 Å². The van der Waals surface area contributed by atoms with Gasteiger partial charge < -0.3 is 20.1 Å². The van der Waals surface area contributed by atoms with E-state index in [9.17, 15) is 0 Å². The topological polar surface area (TPSA) is 73.5 Å². The molecule has 1 fully saturated rings. The Morgan fingerprint density at radius 2 is 1.94 bits per heavy atom. The third-order valence-corrected chi connectivity index (χ3v) is 3.47. The molecule has 0 aromatic carbocycles. The first-order chi connectivity index (χ1) is 8.69. The highest BCUT2D eigenvalue weighted by atomic mass is 16.5. The molecule has 0 amide bonds. The van der Waals surface area contributed by atoms with Crippen molar-refractivity contribution in [1.29, 1.82) is 0 Å². The van der Waals surface area contributed by atoms with Crippen molar-refractivity contribution >= 4 is 5.95 Å². The Bertz CT molecular complexity index is 391. The minimum Gasteiger partial charge on any atom is -0.481 e. The molecule has 1 saturated heterocycles. The zero-order valence-electron chi connectivity index (χ0n) is 11.1. The Balaban J connectivity index is 2.32. The minimum atomic E-state index is 0.279. The summed E-state index contributed by atoms with van der Waals surface area (Å²) in [7, 11) is 3.16. The Morgan fingerprint density at radius 3 is 2.44 bits per heavy atom. The summed E-state index contributed by atoms with van der Waals surface area (Å²) in [5.41, 5.74) is 5.83. The zero-order chi connectivity index (χ0) is 13.1. The lowest BCUT2D eigenvalue weighted by molar-refractivity contribution is 0.371. The lowest BCUT2D eigenvalue weighted by atomic mass is 10.0. The van der Waals surface area contributed by atoms with Crippen molar-refractivity contribution in [3.63, 3.8) is 0 Å². The number of hydrogen-bond acceptors (Lipinski definition) is 6. The van der Waals surface area contributed by atoms with Gasteiger partial charge in [-0.25, -0.2) is 0 Å². The molecule has 0 aliphatic carbocycles. The number of aromatic nitrogens is 2. The number of ether oxygens (including phenoxy) is 2. The molecule has 2 N–H and O–H groups in total. The summed E-state index contributed by atoms with van der Waals surface area (Å²) < 4.78 is 10.3. The van der Waals surface area contributed by atoms with Crippen LogP contribution in [-0.2, 0) is 0 Å². The molecule has 6 heteroatoms. The van der Waals surface area contributed by atoms with Gasteiger partial charge in [0.25, 0.3) is 0 Å². The minimum absolute atomic E-state index is 0.279. The molecular weight excluding hydrogens is 232 g/mol. The highest BCUT2D eigenvalue weighted by molar-refractivity contribution is 5.39. The first-order valence-electron chi connectivity index (χ1n) is 6.13. The number of nitrogens with zero attached hydrogens (tertiary/aromatic N) is 3. The molecule has 6 nitrogen and oxygen atoms in total. The second-order valence-electron chi connectivity index (χ2n) is 4.52. The van der Waals surface area contributed by atoms with Gasteiger partial charge >= 0.3 is 0 Å². The molecule has 1 aliphatic rings. The molecular formula is C12H20N4O2. The number of hydrogen-bond donors (Lipinski definition) is 1. The normalized spacial score (nSPS) is 23.2. The van der Waals surface area contributed by atoms with E-state index in [0.29, 0.717) is 30.2 Å². The van der Waals surface area contributed by atoms with Crippen LogP contribution in [0.4, 0.5) is 5.95 Å². The van der Waals surface area contributed by atoms with Gasteiger partial charge in [-0.3, -0.25) is 0 Å². The summed E-state index contributed by atoms with van der Waals surface area (Å²) in [5.74, 6) is 2.20. The maximum Gasteiger partial charge on any atom is 0.232 e. The van der Waals surface area contributed by atoms with Gasteiger partial charge in [0.15, 0.2) is 0 Å². The lowest BCUT2D eigenvalue weighted by Gasteiger charge is -2.25. The monoisotopic (exact) mass is 252 g/mol. The van der Waals surface area contributed by atoms with Crippen molar-refractivity contribution in [3.05, 3.63) is 6.07 Å². The molecule has 0 radical (unpaired) electrons. The maximum absolute atomic E-state index is 5.83. The van der Waals surface area contributed by atoms with Gasteiger partial charge in [-0.05, 0) is 12.3 Å². The van der Waals surface area contributed by atoms with Gasteiger partial charge in [0.05, 0.1) is 20.3 Å². The summed E-state index contributed by atoms with van der Waals surface area (Å²) in [6, 6.07) is 1.95. The second kappa shape index (κ2) is 5.39. The Kier molecular flexibility index (Phi) is 3.86. The van der Waals surface area contributed by atoms with Crippen LogP contribution in [-0.4, -0.2) is 43.3 Å². The van der Waals surface area contributed by atoms with Crippen molar-refractivity contribution < 1.29 is 9.47 Å². The van der Waals surface area contributed by atoms with Gasteiger partial charge in [-0.2, -0.15) is 9.97 Å². The number of anilines is 1. The summed E-state index contributed by atoms with van der Waals surface area (Å²) in [4.78, 5) is 10.9. The van der Waals surface area contributed by atoms with Crippen LogP contribution >= 0.6 is 0 Å². The number of rotatable bonds is 4. The Labute approximate surface area is 107 Å². The van der Waals surface area contributed by atoms with Gasteiger partial charge in [-0.15, -0.1) is 0 Å². The fourth-order valence-corrected chi connectivity index (χ4v) is 2.35. The summed E-state index contributed by atoms with van der Waals surface area (Å²) in [6.45, 7) is 3.72. The van der Waals surface area contributed by atoms with E-state index in [1.807, 2.05) is 0 Å². The van der Waals surface area contributed by atoms with Crippen LogP contribution in [0.5, 0.6) is 11.8 Å². The van der Waals surface area contributed by atoms with Gasteiger partial charge in [0.2, 0.25) is 17.7 Å². The van der Waals surface area contributed by atoms with E-state index in [-0.39, 0.29) is 6.04 Å². The van der Waals surface area contributed by atoms with Crippen LogP contribution < -0.4 is 20.1 Å². The molecule has 1 aromatic rings. The fraction of sp³-hybridized carbons (Fsp3) is 0.667. The van der Waals surface area contributed by atoms with E-state index in [4.69, 9.17) is 15.2 Å². The quantitative estimate of drug-likeness (QED) is 0.849. The van der Waals surface area contributed by atoms with E-state index in [2.05, 4.69) is 21.8 Å². The van der Waals surface area contributed by atoms with E-state index in [1.165, 1.54) is 0 Å². The van der Waals surface area contributed by atoms with Crippen LogP contribution in [0.3, 0.4) is 0 Å². The molecule has 2 rings (SSSR count). The van der Waals surface area contributed by atoms with Gasteiger partial charge in [-0.1, -0.05) is 6.92 Å². The average Bonchev–Trinajstić information content (AvgIpc) is 2.79. The van der Waals surface area contributed by atoms with Crippen LogP contribution in [0.15, 0.2) is 6.07 Å². The van der Waals surface area contributed by atoms with E-state index >= 15 is 0 Å². The molecule has 1 aromatic heterocycles. The maximum atomic E-state index is 5.83. The zero-order valence-corrected chi connectivity index (χ0v) is 11.1. The molecule has 2 atom stereocenters. The average molecular weight is 252 g/mol. The van der Waals surface area contributed by atoms with Crippen LogP contribution in [0.25, 0.3) is 0 Å². The molecule has 2 unspecified atom stereocenters. The van der Waals surface area contributed by atoms with Crippen LogP contribution in [0.2, 0.25) is 0 Å². The number of nitrogens with two attached hydrogens (primary N) is 1. The molecule has 1 aliphatic heterocycles. The Hall–Kier alpha value is -1.56. The van der Waals surface area contributed by atoms with Crippen molar-refractivity contribution in [2.45, 2.75) is 19.4 Å². The molecule has 0 bridgehead atoms. The van der Waals surface area contributed by atoms with E-state index in [1.54, 1.807) is 20.3 Å². The largest absolute Gasteiger partial charge is 0.481 e. The van der Waals surface area contributed by atoms with E-state index in [0.717, 1.165) is 13.0 Å². The third-order valence-electron chi connectivity index (χ3n) is 3.47.